The smallest absolute Gasteiger partial charge is 0.335 e. The molecule has 1 aromatic heterocycles. The Balaban J connectivity index is 2.13. The maximum absolute atomic E-state index is 10.6. The lowest BCUT2D eigenvalue weighted by Crippen LogP contribution is -1.94. The second-order valence-electron chi connectivity index (χ2n) is 3.25. The van der Waals surface area contributed by atoms with E-state index in [9.17, 15) is 4.79 Å². The van der Waals surface area contributed by atoms with Crippen LogP contribution in [0.2, 0.25) is 4.34 Å². The normalized spacial score (nSPS) is 10.9. The molecule has 0 unspecified atom stereocenters. The van der Waals surface area contributed by atoms with E-state index in [1.54, 1.807) is 24.4 Å². The lowest BCUT2D eigenvalue weighted by atomic mass is 10.2. The van der Waals surface area contributed by atoms with Crippen molar-refractivity contribution in [2.45, 2.75) is 0 Å². The van der Waals surface area contributed by atoms with Crippen molar-refractivity contribution in [2.24, 2.45) is 4.99 Å². The van der Waals surface area contributed by atoms with Crippen molar-refractivity contribution < 1.29 is 9.90 Å². The molecule has 0 amide bonds. The SMILES string of the molecule is O=C(O)c1ccc(N=Cc2ccc(Cl)s2)cc1. The molecule has 0 aliphatic heterocycles. The Hall–Kier alpha value is -1.65. The third kappa shape index (κ3) is 3.15. The van der Waals surface area contributed by atoms with Crippen LogP contribution in [0.5, 0.6) is 0 Å². The first kappa shape index (κ1) is 11.8. The van der Waals surface area contributed by atoms with Crippen LogP contribution in [-0.4, -0.2) is 17.3 Å². The molecule has 0 saturated heterocycles. The molecule has 0 fully saturated rings. The van der Waals surface area contributed by atoms with Crippen LogP contribution < -0.4 is 0 Å². The van der Waals surface area contributed by atoms with Gasteiger partial charge in [-0.1, -0.05) is 11.6 Å². The van der Waals surface area contributed by atoms with Crippen molar-refractivity contribution in [3.05, 3.63) is 51.2 Å². The van der Waals surface area contributed by atoms with Crippen LogP contribution >= 0.6 is 22.9 Å². The average Bonchev–Trinajstić information content (AvgIpc) is 2.73. The van der Waals surface area contributed by atoms with Crippen molar-refractivity contribution in [1.82, 2.24) is 0 Å². The summed E-state index contributed by atoms with van der Waals surface area (Å²) in [6, 6.07) is 10.1. The highest BCUT2D eigenvalue weighted by Crippen LogP contribution is 2.21. The molecule has 0 atom stereocenters. The highest BCUT2D eigenvalue weighted by molar-refractivity contribution is 7.17. The Bertz CT molecular complexity index is 560. The number of halogens is 1. The van der Waals surface area contributed by atoms with Gasteiger partial charge in [0.15, 0.2) is 0 Å². The zero-order valence-corrected chi connectivity index (χ0v) is 10.2. The summed E-state index contributed by atoms with van der Waals surface area (Å²) in [5.41, 5.74) is 0.961. The van der Waals surface area contributed by atoms with E-state index in [4.69, 9.17) is 16.7 Å². The molecule has 1 N–H and O–H groups in total. The number of hydrogen-bond acceptors (Lipinski definition) is 3. The van der Waals surface area contributed by atoms with Gasteiger partial charge in [-0.2, -0.15) is 0 Å². The molecular weight excluding hydrogens is 258 g/mol. The van der Waals surface area contributed by atoms with Gasteiger partial charge in [0.05, 0.1) is 15.6 Å². The summed E-state index contributed by atoms with van der Waals surface area (Å²) in [6.45, 7) is 0. The Morgan fingerprint density at radius 2 is 1.94 bits per heavy atom. The van der Waals surface area contributed by atoms with E-state index in [1.807, 2.05) is 6.07 Å². The topological polar surface area (TPSA) is 49.7 Å². The molecule has 1 heterocycles. The first-order valence-corrected chi connectivity index (χ1v) is 5.97. The molecule has 1 aromatic carbocycles. The lowest BCUT2D eigenvalue weighted by Gasteiger charge is -1.95. The van der Waals surface area contributed by atoms with Gasteiger partial charge in [-0.3, -0.25) is 4.99 Å². The minimum Gasteiger partial charge on any atom is -0.478 e. The number of nitrogens with zero attached hydrogens (tertiary/aromatic N) is 1. The third-order valence-corrected chi connectivity index (χ3v) is 3.21. The van der Waals surface area contributed by atoms with Crippen molar-refractivity contribution >= 4 is 40.8 Å². The molecule has 2 aromatic rings. The van der Waals surface area contributed by atoms with Gasteiger partial charge in [0.1, 0.15) is 0 Å². The standard InChI is InChI=1S/C12H8ClNO2S/c13-11-6-5-10(17-11)7-14-9-3-1-8(2-4-9)12(15)16/h1-7H,(H,15,16). The van der Waals surface area contributed by atoms with Crippen molar-refractivity contribution in [2.75, 3.05) is 0 Å². The highest BCUT2D eigenvalue weighted by atomic mass is 35.5. The summed E-state index contributed by atoms with van der Waals surface area (Å²) >= 11 is 7.23. The monoisotopic (exact) mass is 265 g/mol. The summed E-state index contributed by atoms with van der Waals surface area (Å²) in [4.78, 5) is 15.8. The molecule has 0 aliphatic carbocycles. The molecule has 0 spiro atoms. The number of hydrogen-bond donors (Lipinski definition) is 1. The minimum atomic E-state index is -0.939. The summed E-state index contributed by atoms with van der Waals surface area (Å²) in [6.07, 6.45) is 1.70. The zero-order valence-electron chi connectivity index (χ0n) is 8.63. The molecule has 2 rings (SSSR count). The van der Waals surface area contributed by atoms with Gasteiger partial charge in [-0.05, 0) is 36.4 Å². The molecular formula is C12H8ClNO2S. The molecule has 5 heteroatoms. The van der Waals surface area contributed by atoms with E-state index >= 15 is 0 Å². The van der Waals surface area contributed by atoms with E-state index in [2.05, 4.69) is 4.99 Å². The number of aromatic carboxylic acids is 1. The van der Waals surface area contributed by atoms with Gasteiger partial charge >= 0.3 is 5.97 Å². The van der Waals surface area contributed by atoms with Crippen LogP contribution in [0.1, 0.15) is 15.2 Å². The molecule has 0 saturated carbocycles. The summed E-state index contributed by atoms with van der Waals surface area (Å²) in [7, 11) is 0. The molecule has 0 bridgehead atoms. The number of rotatable bonds is 3. The molecule has 17 heavy (non-hydrogen) atoms. The van der Waals surface area contributed by atoms with Crippen molar-refractivity contribution in [3.63, 3.8) is 0 Å². The largest absolute Gasteiger partial charge is 0.478 e. The number of benzene rings is 1. The molecule has 3 nitrogen and oxygen atoms in total. The second kappa shape index (κ2) is 5.12. The predicted octanol–water partition coefficient (Wildman–Crippen LogP) is 3.85. The van der Waals surface area contributed by atoms with Gasteiger partial charge in [0, 0.05) is 11.1 Å². The number of carbonyl (C=O) groups is 1. The Labute approximate surface area is 107 Å². The molecule has 0 aliphatic rings. The van der Waals surface area contributed by atoms with E-state index in [0.717, 1.165) is 4.88 Å². The first-order chi connectivity index (χ1) is 8.15. The quantitative estimate of drug-likeness (QED) is 0.857. The van der Waals surface area contributed by atoms with Gasteiger partial charge in [-0.15, -0.1) is 11.3 Å². The van der Waals surface area contributed by atoms with E-state index in [1.165, 1.54) is 23.5 Å². The van der Waals surface area contributed by atoms with Gasteiger partial charge < -0.3 is 5.11 Å². The zero-order chi connectivity index (χ0) is 12.3. The Morgan fingerprint density at radius 3 is 2.47 bits per heavy atom. The maximum Gasteiger partial charge on any atom is 0.335 e. The molecule has 86 valence electrons. The highest BCUT2D eigenvalue weighted by Gasteiger charge is 2.00. The van der Waals surface area contributed by atoms with Gasteiger partial charge in [0.2, 0.25) is 0 Å². The van der Waals surface area contributed by atoms with E-state index in [0.29, 0.717) is 10.0 Å². The van der Waals surface area contributed by atoms with E-state index in [-0.39, 0.29) is 5.56 Å². The number of carboxylic acid groups (broad SMARTS) is 1. The predicted molar refractivity (Wildman–Crippen MR) is 70.0 cm³/mol. The molecule has 0 radical (unpaired) electrons. The van der Waals surface area contributed by atoms with Crippen LogP contribution in [0.15, 0.2) is 41.4 Å². The minimum absolute atomic E-state index is 0.253. The van der Waals surface area contributed by atoms with Gasteiger partial charge in [-0.25, -0.2) is 4.79 Å². The fourth-order valence-corrected chi connectivity index (χ4v) is 2.16. The van der Waals surface area contributed by atoms with Crippen LogP contribution in [0.3, 0.4) is 0 Å². The van der Waals surface area contributed by atoms with Crippen LogP contribution in [0, 0.1) is 0 Å². The fraction of sp³-hybridized carbons (Fsp3) is 0. The van der Waals surface area contributed by atoms with Crippen molar-refractivity contribution in [1.29, 1.82) is 0 Å². The summed E-state index contributed by atoms with van der Waals surface area (Å²) in [5, 5.41) is 8.73. The lowest BCUT2D eigenvalue weighted by molar-refractivity contribution is 0.0697. The Morgan fingerprint density at radius 1 is 1.24 bits per heavy atom. The fourth-order valence-electron chi connectivity index (χ4n) is 1.23. The summed E-state index contributed by atoms with van der Waals surface area (Å²) in [5.74, 6) is -0.939. The number of thiophene rings is 1. The van der Waals surface area contributed by atoms with Crippen molar-refractivity contribution in [3.8, 4) is 0 Å². The first-order valence-electron chi connectivity index (χ1n) is 4.78. The third-order valence-electron chi connectivity index (χ3n) is 2.05. The van der Waals surface area contributed by atoms with E-state index < -0.39 is 5.97 Å². The summed E-state index contributed by atoms with van der Waals surface area (Å²) < 4.78 is 0.715. The second-order valence-corrected chi connectivity index (χ2v) is 5.00. The number of carboxylic acids is 1. The average molecular weight is 266 g/mol. The Kier molecular flexibility index (Phi) is 3.56. The van der Waals surface area contributed by atoms with Crippen LogP contribution in [0.4, 0.5) is 5.69 Å². The number of aliphatic imine (C=N–C) groups is 1. The van der Waals surface area contributed by atoms with Crippen LogP contribution in [-0.2, 0) is 0 Å². The van der Waals surface area contributed by atoms with Crippen LogP contribution in [0.25, 0.3) is 0 Å². The van der Waals surface area contributed by atoms with Gasteiger partial charge in [0.25, 0.3) is 0 Å². The maximum atomic E-state index is 10.6.